The smallest absolute Gasteiger partial charge is 0.0476 e. The minimum Gasteiger partial charge on any atom is -0.310 e. The van der Waals surface area contributed by atoms with Gasteiger partial charge in [-0.1, -0.05) is 170 Å². The molecule has 0 fully saturated rings. The molecule has 0 unspecified atom stereocenters. The van der Waals surface area contributed by atoms with Gasteiger partial charge in [0.2, 0.25) is 0 Å². The Balaban J connectivity index is 0.884. The molecule has 0 saturated heterocycles. The molecule has 0 aliphatic carbocycles. The largest absolute Gasteiger partial charge is 0.310 e. The molecule has 0 amide bonds. The Labute approximate surface area is 426 Å². The molecule has 0 N–H and O–H groups in total. The summed E-state index contributed by atoms with van der Waals surface area (Å²) in [4.78, 5) is 4.83. The number of rotatable bonds is 9. The van der Waals surface area contributed by atoms with Crippen LogP contribution in [0, 0.1) is 0 Å². The summed E-state index contributed by atoms with van der Waals surface area (Å²) in [5.74, 6) is 0. The van der Waals surface area contributed by atoms with Gasteiger partial charge < -0.3 is 9.80 Å². The van der Waals surface area contributed by atoms with Crippen LogP contribution in [0.2, 0.25) is 0 Å². The molecule has 0 spiro atoms. The van der Waals surface area contributed by atoms with Gasteiger partial charge in [0.1, 0.15) is 0 Å². The Morgan fingerprint density at radius 3 is 1.29 bits per heavy atom. The molecule has 0 radical (unpaired) electrons. The van der Waals surface area contributed by atoms with Crippen LogP contribution in [0.15, 0.2) is 267 Å². The highest BCUT2D eigenvalue weighted by Gasteiger charge is 2.19. The van der Waals surface area contributed by atoms with E-state index in [0.717, 1.165) is 45.3 Å². The molecule has 2 nitrogen and oxygen atoms in total. The molecule has 0 aliphatic rings. The van der Waals surface area contributed by atoms with Gasteiger partial charge in [0, 0.05) is 74.5 Å². The van der Waals surface area contributed by atoms with E-state index in [-0.39, 0.29) is 0 Å². The fourth-order valence-electron chi connectivity index (χ4n) is 10.6. The minimum atomic E-state index is 1.09. The first-order chi connectivity index (χ1) is 35.6. The summed E-state index contributed by atoms with van der Waals surface area (Å²) in [6.07, 6.45) is 0. The highest BCUT2D eigenvalue weighted by Crippen LogP contribution is 2.45. The Morgan fingerprint density at radius 2 is 0.597 bits per heavy atom. The molecule has 0 atom stereocenters. The van der Waals surface area contributed by atoms with E-state index in [1.165, 1.54) is 84.1 Å². The van der Waals surface area contributed by atoms with Crippen LogP contribution in [0.1, 0.15) is 0 Å². The van der Waals surface area contributed by atoms with Crippen molar-refractivity contribution in [3.63, 3.8) is 0 Å². The zero-order valence-electron chi connectivity index (χ0n) is 39.1. The lowest BCUT2D eigenvalue weighted by Crippen LogP contribution is -2.10. The van der Waals surface area contributed by atoms with Crippen molar-refractivity contribution in [3.8, 4) is 33.4 Å². The molecular formula is C68H44N2S2. The quantitative estimate of drug-likeness (QED) is 0.142. The average molecular weight is 953 g/mol. The van der Waals surface area contributed by atoms with E-state index >= 15 is 0 Å². The van der Waals surface area contributed by atoms with Crippen LogP contribution >= 0.6 is 22.7 Å². The Bertz CT molecular complexity index is 4340. The molecular weight excluding hydrogens is 909 g/mol. The predicted octanol–water partition coefficient (Wildman–Crippen LogP) is 20.7. The summed E-state index contributed by atoms with van der Waals surface area (Å²) in [5.41, 5.74) is 13.7. The molecule has 338 valence electrons. The van der Waals surface area contributed by atoms with Gasteiger partial charge in [-0.15, -0.1) is 22.7 Å². The molecule has 14 aromatic rings. The summed E-state index contributed by atoms with van der Waals surface area (Å²) in [6, 6.07) is 98.1. The topological polar surface area (TPSA) is 6.48 Å². The van der Waals surface area contributed by atoms with Crippen molar-refractivity contribution in [1.29, 1.82) is 0 Å². The third-order valence-corrected chi connectivity index (χ3v) is 16.4. The highest BCUT2D eigenvalue weighted by atomic mass is 32.1. The van der Waals surface area contributed by atoms with Crippen LogP contribution in [-0.4, -0.2) is 0 Å². The molecule has 2 heterocycles. The number of benzene rings is 12. The van der Waals surface area contributed by atoms with Gasteiger partial charge in [-0.25, -0.2) is 0 Å². The van der Waals surface area contributed by atoms with E-state index in [0.29, 0.717) is 0 Å². The summed E-state index contributed by atoms with van der Waals surface area (Å²) in [7, 11) is 0. The number of hydrogen-bond donors (Lipinski definition) is 0. The number of thiophene rings is 2. The molecule has 0 aliphatic heterocycles. The van der Waals surface area contributed by atoms with Crippen molar-refractivity contribution in [1.82, 2.24) is 0 Å². The molecule has 14 rings (SSSR count). The molecule has 0 bridgehead atoms. The van der Waals surface area contributed by atoms with Gasteiger partial charge in [0.25, 0.3) is 0 Å². The van der Waals surface area contributed by atoms with Crippen molar-refractivity contribution in [3.05, 3.63) is 267 Å². The van der Waals surface area contributed by atoms with Gasteiger partial charge in [-0.05, 0) is 152 Å². The second kappa shape index (κ2) is 17.6. The van der Waals surface area contributed by atoms with Crippen LogP contribution in [0.5, 0.6) is 0 Å². The van der Waals surface area contributed by atoms with E-state index < -0.39 is 0 Å². The molecule has 4 heteroatoms. The zero-order chi connectivity index (χ0) is 47.5. The standard InChI is InChI=1S/C68H44N2S2/c1-3-13-45(14-4-1)47-27-30-55(31-28-47)69(59-34-36-63-64-41-50-17-7-8-18-51(50)42-66(64)72-68(63)43-59)56-21-11-19-48(38-56)49-20-12-22-57(39-49)70(60-33-35-62-61-23-9-10-24-65(61)71-67(62)44-60)58-32-29-53-37-52(25-26-54(53)40-58)46-15-5-2-6-16-46/h1-44H. The van der Waals surface area contributed by atoms with Gasteiger partial charge >= 0.3 is 0 Å². The van der Waals surface area contributed by atoms with Crippen LogP contribution in [0.25, 0.3) is 95.3 Å². The highest BCUT2D eigenvalue weighted by molar-refractivity contribution is 7.26. The monoisotopic (exact) mass is 952 g/mol. The van der Waals surface area contributed by atoms with Crippen LogP contribution in [-0.2, 0) is 0 Å². The molecule has 0 saturated carbocycles. The molecule has 12 aromatic carbocycles. The van der Waals surface area contributed by atoms with Crippen LogP contribution < -0.4 is 9.80 Å². The average Bonchev–Trinajstić information content (AvgIpc) is 4.00. The predicted molar refractivity (Wildman–Crippen MR) is 313 cm³/mol. The molecule has 2 aromatic heterocycles. The second-order valence-electron chi connectivity index (χ2n) is 18.6. The van der Waals surface area contributed by atoms with E-state index in [1.54, 1.807) is 0 Å². The molecule has 72 heavy (non-hydrogen) atoms. The Morgan fingerprint density at radius 1 is 0.194 bits per heavy atom. The summed E-state index contributed by atoms with van der Waals surface area (Å²) < 4.78 is 5.15. The summed E-state index contributed by atoms with van der Waals surface area (Å²) >= 11 is 3.73. The lowest BCUT2D eigenvalue weighted by Gasteiger charge is -2.27. The van der Waals surface area contributed by atoms with Crippen molar-refractivity contribution in [2.24, 2.45) is 0 Å². The first-order valence-corrected chi connectivity index (χ1v) is 26.1. The van der Waals surface area contributed by atoms with Crippen molar-refractivity contribution < 1.29 is 0 Å². The normalized spacial score (nSPS) is 11.6. The summed E-state index contributed by atoms with van der Waals surface area (Å²) in [5, 5.41) is 10.1. The van der Waals surface area contributed by atoms with Crippen LogP contribution in [0.4, 0.5) is 34.1 Å². The first-order valence-electron chi connectivity index (χ1n) is 24.5. The van der Waals surface area contributed by atoms with E-state index in [1.807, 2.05) is 22.7 Å². The number of fused-ring (bicyclic) bond motifs is 8. The van der Waals surface area contributed by atoms with E-state index in [2.05, 4.69) is 277 Å². The van der Waals surface area contributed by atoms with Gasteiger partial charge in [-0.2, -0.15) is 0 Å². The van der Waals surface area contributed by atoms with E-state index in [9.17, 15) is 0 Å². The minimum absolute atomic E-state index is 1.09. The lowest BCUT2D eigenvalue weighted by molar-refractivity contribution is 1.29. The Hall–Kier alpha value is -8.80. The van der Waals surface area contributed by atoms with Gasteiger partial charge in [0.05, 0.1) is 0 Å². The van der Waals surface area contributed by atoms with Crippen LogP contribution in [0.3, 0.4) is 0 Å². The third kappa shape index (κ3) is 7.57. The van der Waals surface area contributed by atoms with Gasteiger partial charge in [0.15, 0.2) is 0 Å². The van der Waals surface area contributed by atoms with Crippen molar-refractivity contribution in [2.45, 2.75) is 0 Å². The Kier molecular flexibility index (Phi) is 10.3. The van der Waals surface area contributed by atoms with Crippen molar-refractivity contribution >= 4 is 119 Å². The third-order valence-electron chi connectivity index (χ3n) is 14.2. The van der Waals surface area contributed by atoms with Gasteiger partial charge in [-0.3, -0.25) is 0 Å². The maximum Gasteiger partial charge on any atom is 0.0476 e. The van der Waals surface area contributed by atoms with E-state index in [4.69, 9.17) is 0 Å². The SMILES string of the molecule is c1ccc(-c2ccc(N(c3cccc(-c4cccc(N(c5ccc6cc(-c7ccccc7)ccc6c5)c5ccc6c(c5)sc5ccccc56)c4)c3)c3ccc4c(c3)sc3cc5ccccc5cc34)cc2)cc1. The number of nitrogens with zero attached hydrogens (tertiary/aromatic N) is 2. The zero-order valence-corrected chi connectivity index (χ0v) is 40.7. The lowest BCUT2D eigenvalue weighted by atomic mass is 10.00. The maximum atomic E-state index is 2.42. The number of hydrogen-bond acceptors (Lipinski definition) is 4. The summed E-state index contributed by atoms with van der Waals surface area (Å²) in [6.45, 7) is 0. The first kappa shape index (κ1) is 42.1. The fourth-order valence-corrected chi connectivity index (χ4v) is 12.9. The fraction of sp³-hybridized carbons (Fsp3) is 0. The second-order valence-corrected chi connectivity index (χ2v) is 20.7. The van der Waals surface area contributed by atoms with Crippen molar-refractivity contribution in [2.75, 3.05) is 9.80 Å². The number of anilines is 6. The maximum absolute atomic E-state index is 2.42.